The number of halogens is 1. The average Bonchev–Trinajstić information content (AvgIpc) is 2.35. The van der Waals surface area contributed by atoms with Gasteiger partial charge in [0.1, 0.15) is 23.9 Å². The number of benzene rings is 2. The number of methoxy groups -OCH3 is 1. The number of hydrogen-bond donors (Lipinski definition) is 1. The van der Waals surface area contributed by atoms with Gasteiger partial charge in [-0.2, -0.15) is 0 Å². The Balaban J connectivity index is 2.16. The Labute approximate surface area is 120 Å². The lowest BCUT2D eigenvalue weighted by atomic mass is 10.2. The summed E-state index contributed by atoms with van der Waals surface area (Å²) in [6.07, 6.45) is 0. The second-order valence-electron chi connectivity index (χ2n) is 4.25. The number of rotatable bonds is 4. The van der Waals surface area contributed by atoms with E-state index in [4.69, 9.17) is 9.47 Å². The fraction of sp³-hybridized carbons (Fsp3) is 0.200. The number of phenols is 1. The van der Waals surface area contributed by atoms with Crippen molar-refractivity contribution in [3.63, 3.8) is 0 Å². The van der Waals surface area contributed by atoms with Gasteiger partial charge in [0.2, 0.25) is 0 Å². The molecule has 0 aliphatic heterocycles. The summed E-state index contributed by atoms with van der Waals surface area (Å²) in [7, 11) is 1.63. The normalized spacial score (nSPS) is 10.3. The minimum absolute atomic E-state index is 0.205. The van der Waals surface area contributed by atoms with E-state index in [9.17, 15) is 5.11 Å². The van der Waals surface area contributed by atoms with Crippen LogP contribution in [0.4, 0.5) is 0 Å². The van der Waals surface area contributed by atoms with Gasteiger partial charge in [-0.25, -0.2) is 0 Å². The smallest absolute Gasteiger partial charge is 0.125 e. The van der Waals surface area contributed by atoms with Gasteiger partial charge in [0.15, 0.2) is 0 Å². The van der Waals surface area contributed by atoms with Gasteiger partial charge in [0, 0.05) is 16.1 Å². The molecule has 0 heterocycles. The maximum absolute atomic E-state index is 9.52. The maximum atomic E-state index is 9.52. The molecule has 0 amide bonds. The Kier molecular flexibility index (Phi) is 4.32. The van der Waals surface area contributed by atoms with Crippen molar-refractivity contribution in [3.8, 4) is 17.2 Å². The number of phenolic OH excluding ortho intramolecular Hbond substituents is 1. The lowest BCUT2D eigenvalue weighted by Gasteiger charge is -2.11. The van der Waals surface area contributed by atoms with Crippen LogP contribution in [0.3, 0.4) is 0 Å². The van der Waals surface area contributed by atoms with Crippen molar-refractivity contribution in [1.29, 1.82) is 0 Å². The molecule has 0 saturated carbocycles. The first kappa shape index (κ1) is 13.7. The van der Waals surface area contributed by atoms with Crippen LogP contribution in [0.1, 0.15) is 11.1 Å². The van der Waals surface area contributed by atoms with Crippen LogP contribution in [0.5, 0.6) is 17.2 Å². The highest BCUT2D eigenvalue weighted by Gasteiger charge is 2.05. The quantitative estimate of drug-likeness (QED) is 0.922. The van der Waals surface area contributed by atoms with Gasteiger partial charge >= 0.3 is 0 Å². The predicted octanol–water partition coefficient (Wildman–Crippen LogP) is 4.05. The SMILES string of the molecule is COc1ccc(Br)cc1COc1cc(C)cc(O)c1. The first-order chi connectivity index (χ1) is 9.08. The summed E-state index contributed by atoms with van der Waals surface area (Å²) in [5.74, 6) is 1.62. The first-order valence-electron chi connectivity index (χ1n) is 5.84. The highest BCUT2D eigenvalue weighted by molar-refractivity contribution is 9.10. The Bertz CT molecular complexity index is 561. The molecule has 2 aromatic rings. The van der Waals surface area contributed by atoms with E-state index >= 15 is 0 Å². The van der Waals surface area contributed by atoms with Crippen LogP contribution >= 0.6 is 15.9 Å². The van der Waals surface area contributed by atoms with Crippen LogP contribution in [0.15, 0.2) is 40.9 Å². The molecule has 19 heavy (non-hydrogen) atoms. The molecule has 0 aliphatic carbocycles. The van der Waals surface area contributed by atoms with E-state index in [1.165, 1.54) is 0 Å². The third kappa shape index (κ3) is 3.64. The zero-order chi connectivity index (χ0) is 13.8. The molecule has 0 spiro atoms. The zero-order valence-electron chi connectivity index (χ0n) is 10.8. The number of hydrogen-bond acceptors (Lipinski definition) is 3. The fourth-order valence-corrected chi connectivity index (χ4v) is 2.24. The van der Waals surface area contributed by atoms with E-state index in [0.717, 1.165) is 21.3 Å². The van der Waals surface area contributed by atoms with E-state index in [0.29, 0.717) is 12.4 Å². The maximum Gasteiger partial charge on any atom is 0.125 e. The molecular weight excluding hydrogens is 308 g/mol. The Morgan fingerprint density at radius 2 is 1.95 bits per heavy atom. The molecule has 100 valence electrons. The summed E-state index contributed by atoms with van der Waals surface area (Å²) in [4.78, 5) is 0. The van der Waals surface area contributed by atoms with E-state index < -0.39 is 0 Å². The summed E-state index contributed by atoms with van der Waals surface area (Å²) >= 11 is 3.42. The molecule has 1 N–H and O–H groups in total. The minimum Gasteiger partial charge on any atom is -0.508 e. The summed E-state index contributed by atoms with van der Waals surface area (Å²) in [5.41, 5.74) is 1.90. The monoisotopic (exact) mass is 322 g/mol. The summed E-state index contributed by atoms with van der Waals surface area (Å²) in [6, 6.07) is 10.9. The Morgan fingerprint density at radius 1 is 1.16 bits per heavy atom. The molecule has 0 radical (unpaired) electrons. The molecular formula is C15H15BrO3. The molecule has 3 nitrogen and oxygen atoms in total. The second-order valence-corrected chi connectivity index (χ2v) is 5.16. The van der Waals surface area contributed by atoms with Crippen LogP contribution in [-0.2, 0) is 6.61 Å². The second kappa shape index (κ2) is 5.97. The molecule has 0 aromatic heterocycles. The average molecular weight is 323 g/mol. The molecule has 0 aliphatic rings. The summed E-state index contributed by atoms with van der Waals surface area (Å²) < 4.78 is 11.9. The van der Waals surface area contributed by atoms with Gasteiger partial charge in [-0.3, -0.25) is 0 Å². The van der Waals surface area contributed by atoms with Crippen molar-refractivity contribution < 1.29 is 14.6 Å². The summed E-state index contributed by atoms with van der Waals surface area (Å²) in [5, 5.41) is 9.52. The lowest BCUT2D eigenvalue weighted by Crippen LogP contribution is -1.99. The minimum atomic E-state index is 0.205. The van der Waals surface area contributed by atoms with Gasteiger partial charge < -0.3 is 14.6 Å². The number of aromatic hydroxyl groups is 1. The highest BCUT2D eigenvalue weighted by atomic mass is 79.9. The summed E-state index contributed by atoms with van der Waals surface area (Å²) in [6.45, 7) is 2.29. The van der Waals surface area contributed by atoms with Crippen LogP contribution in [0, 0.1) is 6.92 Å². The van der Waals surface area contributed by atoms with Crippen molar-refractivity contribution in [2.45, 2.75) is 13.5 Å². The van der Waals surface area contributed by atoms with Crippen molar-refractivity contribution in [3.05, 3.63) is 52.0 Å². The van der Waals surface area contributed by atoms with E-state index in [2.05, 4.69) is 15.9 Å². The molecule has 2 aromatic carbocycles. The molecule has 0 saturated heterocycles. The standard InChI is InChI=1S/C15H15BrO3/c1-10-5-13(17)8-14(6-10)19-9-11-7-12(16)3-4-15(11)18-2/h3-8,17H,9H2,1-2H3. The fourth-order valence-electron chi connectivity index (χ4n) is 1.83. The van der Waals surface area contributed by atoms with Crippen molar-refractivity contribution >= 4 is 15.9 Å². The van der Waals surface area contributed by atoms with Crippen LogP contribution in [-0.4, -0.2) is 12.2 Å². The van der Waals surface area contributed by atoms with Gasteiger partial charge in [0.25, 0.3) is 0 Å². The molecule has 0 bridgehead atoms. The van der Waals surface area contributed by atoms with E-state index in [-0.39, 0.29) is 5.75 Å². The van der Waals surface area contributed by atoms with Gasteiger partial charge in [-0.05, 0) is 42.8 Å². The largest absolute Gasteiger partial charge is 0.508 e. The van der Waals surface area contributed by atoms with Crippen molar-refractivity contribution in [2.24, 2.45) is 0 Å². The third-order valence-corrected chi connectivity index (χ3v) is 3.17. The Hall–Kier alpha value is -1.68. The molecule has 0 unspecified atom stereocenters. The molecule has 2 rings (SSSR count). The van der Waals surface area contributed by atoms with E-state index in [1.807, 2.05) is 31.2 Å². The van der Waals surface area contributed by atoms with Gasteiger partial charge in [0.05, 0.1) is 7.11 Å². The third-order valence-electron chi connectivity index (χ3n) is 2.67. The highest BCUT2D eigenvalue weighted by Crippen LogP contribution is 2.26. The van der Waals surface area contributed by atoms with Crippen molar-refractivity contribution in [2.75, 3.05) is 7.11 Å². The molecule has 4 heteroatoms. The van der Waals surface area contributed by atoms with Gasteiger partial charge in [-0.15, -0.1) is 0 Å². The van der Waals surface area contributed by atoms with E-state index in [1.54, 1.807) is 19.2 Å². The van der Waals surface area contributed by atoms with Crippen LogP contribution in [0.25, 0.3) is 0 Å². The molecule has 0 fully saturated rings. The number of aryl methyl sites for hydroxylation is 1. The molecule has 0 atom stereocenters. The van der Waals surface area contributed by atoms with Gasteiger partial charge in [-0.1, -0.05) is 15.9 Å². The predicted molar refractivity (Wildman–Crippen MR) is 77.9 cm³/mol. The lowest BCUT2D eigenvalue weighted by molar-refractivity contribution is 0.295. The van der Waals surface area contributed by atoms with Crippen LogP contribution < -0.4 is 9.47 Å². The van der Waals surface area contributed by atoms with Crippen LogP contribution in [0.2, 0.25) is 0 Å². The zero-order valence-corrected chi connectivity index (χ0v) is 12.4. The first-order valence-corrected chi connectivity index (χ1v) is 6.63. The Morgan fingerprint density at radius 3 is 2.63 bits per heavy atom. The van der Waals surface area contributed by atoms with Crippen molar-refractivity contribution in [1.82, 2.24) is 0 Å². The number of ether oxygens (including phenoxy) is 2. The topological polar surface area (TPSA) is 38.7 Å².